The molecule has 7 heteroatoms. The first-order valence-electron chi connectivity index (χ1n) is 6.33. The second-order valence-corrected chi connectivity index (χ2v) is 6.41. The number of nitrogens with two attached hydrogens (primary N) is 1. The molecule has 2 rings (SSSR count). The standard InChI is InChI=1S/C12H18N2O4S/c13-11(15)10-7-4-8-14(12(10)19(16,17)18)9-5-2-1-3-6-9/h4,7-9,12H,1-3,5-6H2,(H2,13,15)(H,16,17,18). The van der Waals surface area contributed by atoms with Gasteiger partial charge < -0.3 is 10.6 Å². The molecule has 0 bridgehead atoms. The predicted octanol–water partition coefficient (Wildman–Crippen LogP) is 0.774. The van der Waals surface area contributed by atoms with Gasteiger partial charge in [0, 0.05) is 12.2 Å². The highest BCUT2D eigenvalue weighted by Crippen LogP contribution is 2.30. The van der Waals surface area contributed by atoms with Crippen molar-refractivity contribution in [3.63, 3.8) is 0 Å². The van der Waals surface area contributed by atoms with E-state index in [0.717, 1.165) is 32.1 Å². The molecule has 0 saturated heterocycles. The number of nitrogens with zero attached hydrogens (tertiary/aromatic N) is 1. The van der Waals surface area contributed by atoms with Crippen LogP contribution in [-0.2, 0) is 14.9 Å². The number of amides is 1. The number of carbonyl (C=O) groups excluding carboxylic acids is 1. The van der Waals surface area contributed by atoms with Crippen LogP contribution in [-0.4, -0.2) is 35.2 Å². The number of allylic oxidation sites excluding steroid dienone is 2. The molecule has 1 fully saturated rings. The van der Waals surface area contributed by atoms with E-state index in [1.165, 1.54) is 6.08 Å². The molecule has 1 heterocycles. The molecule has 19 heavy (non-hydrogen) atoms. The van der Waals surface area contributed by atoms with E-state index in [1.54, 1.807) is 17.2 Å². The third-order valence-corrected chi connectivity index (χ3v) is 4.70. The summed E-state index contributed by atoms with van der Waals surface area (Å²) in [6, 6.07) is 0.0139. The molecule has 2 aliphatic rings. The minimum absolute atomic E-state index is 0.0139. The zero-order valence-corrected chi connectivity index (χ0v) is 11.3. The molecular weight excluding hydrogens is 268 g/mol. The van der Waals surface area contributed by atoms with Crippen molar-refractivity contribution in [3.8, 4) is 0 Å². The van der Waals surface area contributed by atoms with Gasteiger partial charge in [0.05, 0.1) is 5.57 Å². The van der Waals surface area contributed by atoms with Gasteiger partial charge in [-0.15, -0.1) is 0 Å². The van der Waals surface area contributed by atoms with Crippen molar-refractivity contribution in [1.29, 1.82) is 0 Å². The van der Waals surface area contributed by atoms with Gasteiger partial charge in [-0.2, -0.15) is 8.42 Å². The van der Waals surface area contributed by atoms with Crippen molar-refractivity contribution < 1.29 is 17.8 Å². The third-order valence-electron chi connectivity index (χ3n) is 3.63. The monoisotopic (exact) mass is 286 g/mol. The van der Waals surface area contributed by atoms with Crippen LogP contribution in [0.25, 0.3) is 0 Å². The molecule has 1 unspecified atom stereocenters. The Bertz CT molecular complexity index is 518. The van der Waals surface area contributed by atoms with Crippen LogP contribution in [0.2, 0.25) is 0 Å². The fourth-order valence-electron chi connectivity index (χ4n) is 2.78. The van der Waals surface area contributed by atoms with Gasteiger partial charge in [-0.25, -0.2) is 0 Å². The first-order valence-corrected chi connectivity index (χ1v) is 7.83. The zero-order chi connectivity index (χ0) is 14.0. The van der Waals surface area contributed by atoms with Gasteiger partial charge in [0.15, 0.2) is 5.37 Å². The summed E-state index contributed by atoms with van der Waals surface area (Å²) in [4.78, 5) is 12.9. The molecule has 1 aliphatic heterocycles. The van der Waals surface area contributed by atoms with Gasteiger partial charge in [-0.1, -0.05) is 19.3 Å². The van der Waals surface area contributed by atoms with Crippen molar-refractivity contribution >= 4 is 16.0 Å². The highest BCUT2D eigenvalue weighted by Gasteiger charge is 2.39. The van der Waals surface area contributed by atoms with E-state index in [4.69, 9.17) is 5.73 Å². The normalized spacial score (nSPS) is 25.2. The summed E-state index contributed by atoms with van der Waals surface area (Å²) < 4.78 is 32.6. The fraction of sp³-hybridized carbons (Fsp3) is 0.583. The number of primary amides is 1. The third kappa shape index (κ3) is 2.98. The van der Waals surface area contributed by atoms with Gasteiger partial charge in [-0.3, -0.25) is 9.35 Å². The van der Waals surface area contributed by atoms with Crippen LogP contribution >= 0.6 is 0 Å². The average molecular weight is 286 g/mol. The van der Waals surface area contributed by atoms with Crippen LogP contribution in [0, 0.1) is 0 Å². The number of carbonyl (C=O) groups is 1. The molecule has 1 atom stereocenters. The summed E-state index contributed by atoms with van der Waals surface area (Å²) in [6.45, 7) is 0. The Hall–Kier alpha value is -1.34. The SMILES string of the molecule is NC(=O)C1=CC=CN(C2CCCCC2)C1S(=O)(=O)O. The summed E-state index contributed by atoms with van der Waals surface area (Å²) >= 11 is 0. The molecule has 0 spiro atoms. The Kier molecular flexibility index (Phi) is 3.96. The van der Waals surface area contributed by atoms with E-state index in [2.05, 4.69) is 0 Å². The van der Waals surface area contributed by atoms with E-state index < -0.39 is 21.4 Å². The Labute approximate surface area is 112 Å². The molecule has 1 amide bonds. The van der Waals surface area contributed by atoms with E-state index in [9.17, 15) is 17.8 Å². The predicted molar refractivity (Wildman–Crippen MR) is 70.5 cm³/mol. The molecular formula is C12H18N2O4S. The minimum Gasteiger partial charge on any atom is -0.366 e. The van der Waals surface area contributed by atoms with Crippen molar-refractivity contribution in [2.75, 3.05) is 0 Å². The van der Waals surface area contributed by atoms with Gasteiger partial charge in [-0.05, 0) is 25.0 Å². The van der Waals surface area contributed by atoms with Crippen molar-refractivity contribution in [1.82, 2.24) is 4.90 Å². The van der Waals surface area contributed by atoms with E-state index in [1.807, 2.05) is 0 Å². The molecule has 0 aromatic rings. The van der Waals surface area contributed by atoms with Crippen LogP contribution in [0.5, 0.6) is 0 Å². The number of hydrogen-bond donors (Lipinski definition) is 2. The second-order valence-electron chi connectivity index (χ2n) is 4.93. The van der Waals surface area contributed by atoms with E-state index >= 15 is 0 Å². The van der Waals surface area contributed by atoms with Crippen LogP contribution in [0.15, 0.2) is 23.9 Å². The van der Waals surface area contributed by atoms with E-state index in [0.29, 0.717) is 0 Å². The summed E-state index contributed by atoms with van der Waals surface area (Å²) in [5, 5.41) is -1.38. The van der Waals surface area contributed by atoms with Gasteiger partial charge in [0.25, 0.3) is 10.1 Å². The molecule has 3 N–H and O–H groups in total. The van der Waals surface area contributed by atoms with Crippen LogP contribution in [0.1, 0.15) is 32.1 Å². The maximum absolute atomic E-state index is 11.6. The molecule has 0 aromatic carbocycles. The van der Waals surface area contributed by atoms with E-state index in [-0.39, 0.29) is 11.6 Å². The van der Waals surface area contributed by atoms with Gasteiger partial charge in [0.2, 0.25) is 5.91 Å². The zero-order valence-electron chi connectivity index (χ0n) is 10.5. The second kappa shape index (κ2) is 5.34. The van der Waals surface area contributed by atoms with Crippen molar-refractivity contribution in [3.05, 3.63) is 23.9 Å². The Morgan fingerprint density at radius 1 is 1.32 bits per heavy atom. The number of hydrogen-bond acceptors (Lipinski definition) is 4. The fourth-order valence-corrected chi connectivity index (χ4v) is 3.84. The lowest BCUT2D eigenvalue weighted by Gasteiger charge is -2.39. The molecule has 6 nitrogen and oxygen atoms in total. The summed E-state index contributed by atoms with van der Waals surface area (Å²) in [7, 11) is -4.41. The Morgan fingerprint density at radius 3 is 2.47 bits per heavy atom. The Morgan fingerprint density at radius 2 is 1.95 bits per heavy atom. The summed E-state index contributed by atoms with van der Waals surface area (Å²) in [5.41, 5.74) is 5.12. The largest absolute Gasteiger partial charge is 0.366 e. The van der Waals surface area contributed by atoms with Crippen molar-refractivity contribution in [2.45, 2.75) is 43.5 Å². The lowest BCUT2D eigenvalue weighted by atomic mass is 9.93. The summed E-state index contributed by atoms with van der Waals surface area (Å²) in [6.07, 6.45) is 9.41. The van der Waals surface area contributed by atoms with Crippen LogP contribution < -0.4 is 5.73 Å². The first kappa shape index (κ1) is 14.1. The molecule has 106 valence electrons. The van der Waals surface area contributed by atoms with Gasteiger partial charge in [0.1, 0.15) is 0 Å². The summed E-state index contributed by atoms with van der Waals surface area (Å²) in [5.74, 6) is -0.826. The topological polar surface area (TPSA) is 101 Å². The molecule has 0 aromatic heterocycles. The van der Waals surface area contributed by atoms with Crippen LogP contribution in [0.3, 0.4) is 0 Å². The Balaban J connectivity index is 2.34. The van der Waals surface area contributed by atoms with Crippen molar-refractivity contribution in [2.24, 2.45) is 5.73 Å². The lowest BCUT2D eigenvalue weighted by Crippen LogP contribution is -2.49. The minimum atomic E-state index is -4.41. The maximum atomic E-state index is 11.6. The highest BCUT2D eigenvalue weighted by atomic mass is 32.2. The highest BCUT2D eigenvalue weighted by molar-refractivity contribution is 7.86. The smallest absolute Gasteiger partial charge is 0.290 e. The lowest BCUT2D eigenvalue weighted by molar-refractivity contribution is -0.115. The first-order chi connectivity index (χ1) is 8.91. The number of rotatable bonds is 3. The maximum Gasteiger partial charge on any atom is 0.290 e. The quantitative estimate of drug-likeness (QED) is 0.746. The van der Waals surface area contributed by atoms with Gasteiger partial charge >= 0.3 is 0 Å². The molecule has 1 saturated carbocycles. The molecule has 1 aliphatic carbocycles. The molecule has 0 radical (unpaired) electrons. The average Bonchev–Trinajstić information content (AvgIpc) is 2.38. The van der Waals surface area contributed by atoms with Crippen LogP contribution in [0.4, 0.5) is 0 Å².